The summed E-state index contributed by atoms with van der Waals surface area (Å²) in [4.78, 5) is 25.8. The van der Waals surface area contributed by atoms with Crippen LogP contribution in [-0.2, 0) is 16.8 Å². The van der Waals surface area contributed by atoms with Gasteiger partial charge >= 0.3 is 0 Å². The van der Waals surface area contributed by atoms with Crippen LogP contribution in [0.4, 0.5) is 10.2 Å². The van der Waals surface area contributed by atoms with Crippen molar-refractivity contribution in [2.75, 3.05) is 38.2 Å². The second kappa shape index (κ2) is 8.63. The average Bonchev–Trinajstić information content (AvgIpc) is 2.67. The van der Waals surface area contributed by atoms with Gasteiger partial charge in [-0.25, -0.2) is 14.4 Å². The van der Waals surface area contributed by atoms with Gasteiger partial charge in [-0.3, -0.25) is 4.79 Å². The number of rotatable bonds is 4. The summed E-state index contributed by atoms with van der Waals surface area (Å²) >= 11 is 6.05. The van der Waals surface area contributed by atoms with Crippen LogP contribution in [0.25, 0.3) is 0 Å². The first-order valence-corrected chi connectivity index (χ1v) is 9.94. The van der Waals surface area contributed by atoms with E-state index in [2.05, 4.69) is 30.7 Å². The van der Waals surface area contributed by atoms with Gasteiger partial charge in [-0.1, -0.05) is 38.4 Å². The molecular weight excluding hydrogens is 395 g/mol. The van der Waals surface area contributed by atoms with Gasteiger partial charge in [0.05, 0.1) is 22.9 Å². The van der Waals surface area contributed by atoms with E-state index in [1.165, 1.54) is 18.2 Å². The molecule has 1 fully saturated rings. The lowest BCUT2D eigenvalue weighted by Crippen LogP contribution is -2.49. The lowest BCUT2D eigenvalue weighted by atomic mass is 9.95. The highest BCUT2D eigenvalue weighted by Crippen LogP contribution is 2.25. The smallest absolute Gasteiger partial charge is 0.258 e. The van der Waals surface area contributed by atoms with Crippen LogP contribution < -0.4 is 4.90 Å². The van der Waals surface area contributed by atoms with Crippen LogP contribution in [-0.4, -0.2) is 54.1 Å². The molecule has 2 heterocycles. The van der Waals surface area contributed by atoms with E-state index in [0.29, 0.717) is 32.8 Å². The number of carbonyl (C=O) groups is 1. The molecule has 1 amide bonds. The minimum absolute atomic E-state index is 0.0675. The number of benzene rings is 1. The quantitative estimate of drug-likeness (QED) is 0.755. The number of halogens is 2. The van der Waals surface area contributed by atoms with Crippen molar-refractivity contribution in [2.24, 2.45) is 0 Å². The predicted molar refractivity (Wildman–Crippen MR) is 111 cm³/mol. The number of methoxy groups -OCH3 is 1. The first kappa shape index (κ1) is 21.5. The Hall–Kier alpha value is -2.25. The van der Waals surface area contributed by atoms with Crippen molar-refractivity contribution >= 4 is 23.3 Å². The van der Waals surface area contributed by atoms with Gasteiger partial charge < -0.3 is 14.5 Å². The van der Waals surface area contributed by atoms with E-state index in [4.69, 9.17) is 21.3 Å². The van der Waals surface area contributed by atoms with Crippen LogP contribution in [0.15, 0.2) is 24.3 Å². The summed E-state index contributed by atoms with van der Waals surface area (Å²) in [5, 5.41) is 0.132. The largest absolute Gasteiger partial charge is 0.378 e. The molecule has 1 aromatic carbocycles. The summed E-state index contributed by atoms with van der Waals surface area (Å²) in [6.45, 7) is 8.70. The zero-order valence-corrected chi connectivity index (χ0v) is 18.0. The van der Waals surface area contributed by atoms with Crippen molar-refractivity contribution in [3.05, 3.63) is 52.2 Å². The molecule has 0 saturated carbocycles. The third-order valence-electron chi connectivity index (χ3n) is 4.80. The monoisotopic (exact) mass is 420 g/mol. The first-order valence-electron chi connectivity index (χ1n) is 9.56. The highest BCUT2D eigenvalue weighted by molar-refractivity contribution is 6.33. The molecule has 1 aromatic heterocycles. The van der Waals surface area contributed by atoms with E-state index in [-0.39, 0.29) is 21.9 Å². The molecule has 6 nitrogen and oxygen atoms in total. The first-order chi connectivity index (χ1) is 13.7. The summed E-state index contributed by atoms with van der Waals surface area (Å²) in [5.74, 6) is 0.581. The van der Waals surface area contributed by atoms with E-state index in [1.807, 2.05) is 6.07 Å². The number of piperazine rings is 1. The number of nitrogens with zero attached hydrogens (tertiary/aromatic N) is 4. The summed E-state index contributed by atoms with van der Waals surface area (Å²) in [6.07, 6.45) is 0. The maximum Gasteiger partial charge on any atom is 0.258 e. The molecule has 0 radical (unpaired) electrons. The van der Waals surface area contributed by atoms with Crippen LogP contribution in [0.3, 0.4) is 0 Å². The minimum atomic E-state index is -0.597. The highest BCUT2D eigenvalue weighted by atomic mass is 35.5. The zero-order chi connectivity index (χ0) is 21.2. The second-order valence-corrected chi connectivity index (χ2v) is 8.51. The number of hydrogen-bond acceptors (Lipinski definition) is 5. The van der Waals surface area contributed by atoms with Gasteiger partial charge in [0, 0.05) is 44.8 Å². The van der Waals surface area contributed by atoms with Crippen molar-refractivity contribution in [1.29, 1.82) is 0 Å². The Balaban J connectivity index is 1.77. The van der Waals surface area contributed by atoms with Crippen molar-refractivity contribution < 1.29 is 13.9 Å². The fourth-order valence-electron chi connectivity index (χ4n) is 3.20. The van der Waals surface area contributed by atoms with Crippen LogP contribution in [0.5, 0.6) is 0 Å². The number of aromatic nitrogens is 2. The molecule has 29 heavy (non-hydrogen) atoms. The molecule has 2 aromatic rings. The molecule has 0 atom stereocenters. The van der Waals surface area contributed by atoms with Gasteiger partial charge in [0.15, 0.2) is 0 Å². The molecule has 3 rings (SSSR count). The van der Waals surface area contributed by atoms with Crippen LogP contribution >= 0.6 is 11.6 Å². The molecule has 0 bridgehead atoms. The Morgan fingerprint density at radius 3 is 2.48 bits per heavy atom. The lowest BCUT2D eigenvalue weighted by molar-refractivity contribution is 0.0742. The molecule has 1 aliphatic heterocycles. The van der Waals surface area contributed by atoms with Crippen molar-refractivity contribution in [3.8, 4) is 0 Å². The third-order valence-corrected chi connectivity index (χ3v) is 5.11. The Morgan fingerprint density at radius 1 is 1.21 bits per heavy atom. The van der Waals surface area contributed by atoms with Gasteiger partial charge in [0.2, 0.25) is 0 Å². The van der Waals surface area contributed by atoms with Crippen LogP contribution in [0, 0.1) is 5.82 Å². The van der Waals surface area contributed by atoms with E-state index in [1.54, 1.807) is 12.0 Å². The molecule has 8 heteroatoms. The van der Waals surface area contributed by atoms with Crippen LogP contribution in [0.1, 0.15) is 42.6 Å². The van der Waals surface area contributed by atoms with Crippen molar-refractivity contribution in [3.63, 3.8) is 0 Å². The number of carbonyl (C=O) groups excluding carboxylic acids is 1. The molecule has 156 valence electrons. The normalized spacial score (nSPS) is 15.0. The van der Waals surface area contributed by atoms with E-state index in [9.17, 15) is 9.18 Å². The van der Waals surface area contributed by atoms with Gasteiger partial charge in [-0.15, -0.1) is 0 Å². The molecule has 0 N–H and O–H groups in total. The third kappa shape index (κ3) is 4.85. The predicted octanol–water partition coefficient (Wildman–Crippen LogP) is 3.68. The maximum absolute atomic E-state index is 14.1. The molecule has 1 saturated heterocycles. The van der Waals surface area contributed by atoms with E-state index in [0.717, 1.165) is 17.3 Å². The molecule has 1 aliphatic rings. The lowest BCUT2D eigenvalue weighted by Gasteiger charge is -2.36. The van der Waals surface area contributed by atoms with Crippen LogP contribution in [0.2, 0.25) is 5.02 Å². The van der Waals surface area contributed by atoms with Gasteiger partial charge in [0.25, 0.3) is 5.91 Å². The number of amides is 1. The number of hydrogen-bond donors (Lipinski definition) is 0. The van der Waals surface area contributed by atoms with Crippen molar-refractivity contribution in [1.82, 2.24) is 14.9 Å². The Morgan fingerprint density at radius 2 is 1.90 bits per heavy atom. The highest BCUT2D eigenvalue weighted by Gasteiger charge is 2.27. The molecular formula is C21H26ClFN4O2. The van der Waals surface area contributed by atoms with Gasteiger partial charge in [-0.05, 0) is 12.1 Å². The van der Waals surface area contributed by atoms with Gasteiger partial charge in [-0.2, -0.15) is 0 Å². The van der Waals surface area contributed by atoms with Gasteiger partial charge in [0.1, 0.15) is 17.5 Å². The average molecular weight is 421 g/mol. The fourth-order valence-corrected chi connectivity index (χ4v) is 3.45. The molecule has 0 spiro atoms. The van der Waals surface area contributed by atoms with E-state index < -0.39 is 5.82 Å². The Bertz CT molecular complexity index is 872. The molecule has 0 aliphatic carbocycles. The fraction of sp³-hybridized carbons (Fsp3) is 0.476. The van der Waals surface area contributed by atoms with E-state index >= 15 is 0 Å². The van der Waals surface area contributed by atoms with Crippen molar-refractivity contribution in [2.45, 2.75) is 32.8 Å². The number of ether oxygens (including phenoxy) is 1. The SMILES string of the molecule is COCc1cc(N2CCN(C(=O)c3c(F)cccc3Cl)CC2)nc(C(C)(C)C)n1. The summed E-state index contributed by atoms with van der Waals surface area (Å²) in [5.41, 5.74) is 0.554. The molecule has 0 unspecified atom stereocenters. The Labute approximate surface area is 175 Å². The number of anilines is 1. The maximum atomic E-state index is 14.1. The zero-order valence-electron chi connectivity index (χ0n) is 17.2. The Kier molecular flexibility index (Phi) is 6.39. The minimum Gasteiger partial charge on any atom is -0.378 e. The second-order valence-electron chi connectivity index (χ2n) is 8.10. The standard InChI is InChI=1S/C21H26ClFN4O2/c1-21(2,3)20-24-14(13-29-4)12-17(25-20)26-8-10-27(11-9-26)19(28)18-15(22)6-5-7-16(18)23/h5-7,12H,8-11,13H2,1-4H3. The summed E-state index contributed by atoms with van der Waals surface area (Å²) < 4.78 is 19.3. The summed E-state index contributed by atoms with van der Waals surface area (Å²) in [6, 6.07) is 6.19. The summed E-state index contributed by atoms with van der Waals surface area (Å²) in [7, 11) is 1.64. The topological polar surface area (TPSA) is 58.6 Å².